The van der Waals surface area contributed by atoms with E-state index in [1.54, 1.807) is 36.4 Å². The molecule has 0 aliphatic carbocycles. The number of benzene rings is 2. The van der Waals surface area contributed by atoms with E-state index in [2.05, 4.69) is 0 Å². The van der Waals surface area contributed by atoms with Crippen molar-refractivity contribution in [3.8, 4) is 5.75 Å². The molecular weight excluding hydrogens is 327 g/mol. The molecule has 3 rings (SSSR count). The van der Waals surface area contributed by atoms with Crippen LogP contribution in [-0.2, 0) is 0 Å². The zero-order valence-electron chi connectivity index (χ0n) is 11.0. The Kier molecular flexibility index (Phi) is 3.88. The van der Waals surface area contributed by atoms with Crippen LogP contribution in [0.25, 0.3) is 11.0 Å². The topological polar surface area (TPSA) is 56.5 Å². The first-order valence-electron chi connectivity index (χ1n) is 6.25. The van der Waals surface area contributed by atoms with Gasteiger partial charge in [-0.25, -0.2) is 4.79 Å². The standard InChI is InChI=1S/C16H8Cl2O4/c17-10-5-3-7-13(15(10)18)22-16(20)14-8-11(19)9-4-1-2-6-12(9)21-14/h1-8H. The highest BCUT2D eigenvalue weighted by Gasteiger charge is 2.16. The Morgan fingerprint density at radius 1 is 1.05 bits per heavy atom. The van der Waals surface area contributed by atoms with Gasteiger partial charge in [0.1, 0.15) is 10.6 Å². The number of rotatable bonds is 2. The maximum atomic E-state index is 12.1. The van der Waals surface area contributed by atoms with Gasteiger partial charge in [-0.15, -0.1) is 0 Å². The molecule has 110 valence electrons. The third kappa shape index (κ3) is 2.71. The maximum absolute atomic E-state index is 12.1. The molecule has 0 radical (unpaired) electrons. The molecule has 1 heterocycles. The molecule has 0 aliphatic rings. The number of fused-ring (bicyclic) bond motifs is 1. The van der Waals surface area contributed by atoms with E-state index in [9.17, 15) is 9.59 Å². The van der Waals surface area contributed by atoms with Crippen LogP contribution in [0.3, 0.4) is 0 Å². The second kappa shape index (κ2) is 5.83. The third-order valence-corrected chi connectivity index (χ3v) is 3.76. The lowest BCUT2D eigenvalue weighted by Gasteiger charge is -2.07. The molecule has 4 nitrogen and oxygen atoms in total. The summed E-state index contributed by atoms with van der Waals surface area (Å²) in [5.41, 5.74) is -0.0230. The van der Waals surface area contributed by atoms with Crippen molar-refractivity contribution in [3.05, 3.63) is 74.6 Å². The van der Waals surface area contributed by atoms with Crippen LogP contribution < -0.4 is 10.2 Å². The van der Waals surface area contributed by atoms with Crippen LogP contribution in [0.15, 0.2) is 57.7 Å². The molecule has 0 saturated heterocycles. The number of carbonyl (C=O) groups is 1. The predicted molar refractivity (Wildman–Crippen MR) is 83.9 cm³/mol. The largest absolute Gasteiger partial charge is 0.449 e. The highest BCUT2D eigenvalue weighted by atomic mass is 35.5. The molecule has 0 N–H and O–H groups in total. The minimum atomic E-state index is -0.827. The van der Waals surface area contributed by atoms with Gasteiger partial charge in [-0.2, -0.15) is 0 Å². The van der Waals surface area contributed by atoms with E-state index in [-0.39, 0.29) is 27.0 Å². The molecule has 22 heavy (non-hydrogen) atoms. The molecule has 0 atom stereocenters. The van der Waals surface area contributed by atoms with Gasteiger partial charge < -0.3 is 9.15 Å². The number of hydrogen-bond acceptors (Lipinski definition) is 4. The minimum Gasteiger partial charge on any atom is -0.449 e. The molecule has 0 aliphatic heterocycles. The molecule has 0 amide bonds. The maximum Gasteiger partial charge on any atom is 0.379 e. The molecular formula is C16H8Cl2O4. The van der Waals surface area contributed by atoms with E-state index >= 15 is 0 Å². The van der Waals surface area contributed by atoms with Gasteiger partial charge in [0.25, 0.3) is 0 Å². The SMILES string of the molecule is O=C(Oc1cccc(Cl)c1Cl)c1cc(=O)c2ccccc2o1. The highest BCUT2D eigenvalue weighted by Crippen LogP contribution is 2.32. The van der Waals surface area contributed by atoms with E-state index in [1.807, 2.05) is 0 Å². The molecule has 0 bridgehead atoms. The van der Waals surface area contributed by atoms with E-state index < -0.39 is 5.97 Å². The minimum absolute atomic E-state index is 0.0926. The average molecular weight is 335 g/mol. The molecule has 2 aromatic carbocycles. The first-order valence-corrected chi connectivity index (χ1v) is 7.01. The van der Waals surface area contributed by atoms with Gasteiger partial charge in [0.2, 0.25) is 5.76 Å². The summed E-state index contributed by atoms with van der Waals surface area (Å²) >= 11 is 11.8. The van der Waals surface area contributed by atoms with Crippen LogP contribution in [0.2, 0.25) is 10.0 Å². The number of hydrogen-bond donors (Lipinski definition) is 0. The summed E-state index contributed by atoms with van der Waals surface area (Å²) in [5, 5.41) is 0.757. The summed E-state index contributed by atoms with van der Waals surface area (Å²) < 4.78 is 10.5. The Labute approximate surface area is 134 Å². The number of esters is 1. The Morgan fingerprint density at radius 2 is 1.82 bits per heavy atom. The van der Waals surface area contributed by atoms with Gasteiger partial charge >= 0.3 is 5.97 Å². The predicted octanol–water partition coefficient (Wildman–Crippen LogP) is 4.32. The van der Waals surface area contributed by atoms with Crippen molar-refractivity contribution in [2.75, 3.05) is 0 Å². The summed E-state index contributed by atoms with van der Waals surface area (Å²) in [6.45, 7) is 0. The molecule has 0 spiro atoms. The molecule has 0 fully saturated rings. The van der Waals surface area contributed by atoms with Crippen molar-refractivity contribution in [3.63, 3.8) is 0 Å². The van der Waals surface area contributed by atoms with Gasteiger partial charge in [0.15, 0.2) is 11.2 Å². The Balaban J connectivity index is 1.99. The van der Waals surface area contributed by atoms with Crippen molar-refractivity contribution in [2.24, 2.45) is 0 Å². The van der Waals surface area contributed by atoms with E-state index in [0.717, 1.165) is 6.07 Å². The lowest BCUT2D eigenvalue weighted by Crippen LogP contribution is -2.12. The second-order valence-corrected chi connectivity index (χ2v) is 5.20. The fourth-order valence-electron chi connectivity index (χ4n) is 1.92. The van der Waals surface area contributed by atoms with Crippen molar-refractivity contribution in [1.82, 2.24) is 0 Å². The van der Waals surface area contributed by atoms with Crippen LogP contribution in [0.5, 0.6) is 5.75 Å². The third-order valence-electron chi connectivity index (χ3n) is 2.95. The fraction of sp³-hybridized carbons (Fsp3) is 0. The van der Waals surface area contributed by atoms with Crippen LogP contribution in [0.4, 0.5) is 0 Å². The smallest absolute Gasteiger partial charge is 0.379 e. The summed E-state index contributed by atoms with van der Waals surface area (Å²) in [6, 6.07) is 12.4. The Bertz CT molecular complexity index is 931. The van der Waals surface area contributed by atoms with Crippen LogP contribution in [0, 0.1) is 0 Å². The normalized spacial score (nSPS) is 10.6. The van der Waals surface area contributed by atoms with E-state index in [4.69, 9.17) is 32.4 Å². The summed E-state index contributed by atoms with van der Waals surface area (Å²) in [6.07, 6.45) is 0. The lowest BCUT2D eigenvalue weighted by atomic mass is 10.2. The average Bonchev–Trinajstić information content (AvgIpc) is 2.52. The number of ether oxygens (including phenoxy) is 1. The zero-order chi connectivity index (χ0) is 15.7. The number of para-hydroxylation sites is 1. The highest BCUT2D eigenvalue weighted by molar-refractivity contribution is 6.43. The van der Waals surface area contributed by atoms with Crippen molar-refractivity contribution < 1.29 is 13.9 Å². The molecule has 0 unspecified atom stereocenters. The van der Waals surface area contributed by atoms with Crippen molar-refractivity contribution >= 4 is 40.1 Å². The van der Waals surface area contributed by atoms with Gasteiger partial charge in [-0.05, 0) is 24.3 Å². The monoisotopic (exact) mass is 334 g/mol. The Morgan fingerprint density at radius 3 is 2.64 bits per heavy atom. The van der Waals surface area contributed by atoms with E-state index in [0.29, 0.717) is 11.0 Å². The van der Waals surface area contributed by atoms with Gasteiger partial charge in [0, 0.05) is 6.07 Å². The number of carbonyl (C=O) groups excluding carboxylic acids is 1. The molecule has 1 aromatic heterocycles. The molecule has 0 saturated carbocycles. The Hall–Kier alpha value is -2.30. The van der Waals surface area contributed by atoms with Gasteiger partial charge in [0.05, 0.1) is 10.4 Å². The first-order chi connectivity index (χ1) is 10.6. The lowest BCUT2D eigenvalue weighted by molar-refractivity contribution is 0.0702. The zero-order valence-corrected chi connectivity index (χ0v) is 12.5. The van der Waals surface area contributed by atoms with Crippen molar-refractivity contribution in [2.45, 2.75) is 0 Å². The van der Waals surface area contributed by atoms with Crippen LogP contribution in [-0.4, -0.2) is 5.97 Å². The van der Waals surface area contributed by atoms with Crippen LogP contribution in [0.1, 0.15) is 10.6 Å². The first kappa shape index (κ1) is 14.6. The summed E-state index contributed by atoms with van der Waals surface area (Å²) in [4.78, 5) is 24.1. The molecule has 6 heteroatoms. The summed E-state index contributed by atoms with van der Waals surface area (Å²) in [5.74, 6) is -0.943. The second-order valence-electron chi connectivity index (χ2n) is 4.41. The van der Waals surface area contributed by atoms with Crippen LogP contribution >= 0.6 is 23.2 Å². The molecule has 3 aromatic rings. The van der Waals surface area contributed by atoms with Gasteiger partial charge in [-0.1, -0.05) is 41.4 Å². The summed E-state index contributed by atoms with van der Waals surface area (Å²) in [7, 11) is 0. The number of halogens is 2. The van der Waals surface area contributed by atoms with E-state index in [1.165, 1.54) is 6.07 Å². The quantitative estimate of drug-likeness (QED) is 0.517. The van der Waals surface area contributed by atoms with Gasteiger partial charge in [-0.3, -0.25) is 4.79 Å². The van der Waals surface area contributed by atoms with Crippen molar-refractivity contribution in [1.29, 1.82) is 0 Å². The fourth-order valence-corrected chi connectivity index (χ4v) is 2.25.